The summed E-state index contributed by atoms with van der Waals surface area (Å²) in [5.74, 6) is 0.242. The number of carbonyl (C=O) groups is 2. The molecule has 178 valence electrons. The first kappa shape index (κ1) is 22.7. The second-order valence-electron chi connectivity index (χ2n) is 9.52. The van der Waals surface area contributed by atoms with Crippen LogP contribution in [0.3, 0.4) is 0 Å². The van der Waals surface area contributed by atoms with Gasteiger partial charge in [0.05, 0.1) is 5.52 Å². The maximum absolute atomic E-state index is 13.4. The average molecular weight is 461 g/mol. The highest BCUT2D eigenvalue weighted by atomic mass is 16.2. The van der Waals surface area contributed by atoms with Crippen molar-refractivity contribution in [2.75, 3.05) is 58.7 Å². The van der Waals surface area contributed by atoms with Crippen LogP contribution in [0.5, 0.6) is 0 Å². The average Bonchev–Trinajstić information content (AvgIpc) is 3.35. The van der Waals surface area contributed by atoms with Gasteiger partial charge in [-0.1, -0.05) is 12.1 Å². The third-order valence-electron chi connectivity index (χ3n) is 6.88. The molecule has 1 N–H and O–H groups in total. The number of nitrogens with zero attached hydrogens (tertiary/aromatic N) is 5. The van der Waals surface area contributed by atoms with Gasteiger partial charge in [-0.25, -0.2) is 9.97 Å². The topological polar surface area (TPSA) is 81.7 Å². The summed E-state index contributed by atoms with van der Waals surface area (Å²) in [6.07, 6.45) is 6.40. The zero-order chi connectivity index (χ0) is 23.7. The van der Waals surface area contributed by atoms with Gasteiger partial charge in [-0.3, -0.25) is 14.5 Å². The summed E-state index contributed by atoms with van der Waals surface area (Å²) >= 11 is 0. The van der Waals surface area contributed by atoms with Crippen molar-refractivity contribution in [1.29, 1.82) is 0 Å². The third kappa shape index (κ3) is 4.23. The molecule has 2 aliphatic rings. The van der Waals surface area contributed by atoms with Crippen molar-refractivity contribution in [3.8, 4) is 0 Å². The molecule has 0 radical (unpaired) electrons. The summed E-state index contributed by atoms with van der Waals surface area (Å²) < 4.78 is 0. The van der Waals surface area contributed by atoms with Gasteiger partial charge in [-0.2, -0.15) is 0 Å². The highest BCUT2D eigenvalue weighted by Gasteiger charge is 2.33. The number of hydrogen-bond donors (Lipinski definition) is 1. The molecule has 2 aliphatic heterocycles. The lowest BCUT2D eigenvalue weighted by Crippen LogP contribution is -2.43. The predicted octanol–water partition coefficient (Wildman–Crippen LogP) is 3.23. The van der Waals surface area contributed by atoms with Crippen LogP contribution in [0.15, 0.2) is 30.6 Å². The lowest BCUT2D eigenvalue weighted by atomic mass is 9.92. The molecule has 2 amide bonds. The molecule has 3 aromatic rings. The Balaban J connectivity index is 1.44. The first-order valence-electron chi connectivity index (χ1n) is 12.2. The molecular weight excluding hydrogens is 428 g/mol. The number of hydrogen-bond acceptors (Lipinski definition) is 7. The highest BCUT2D eigenvalue weighted by Crippen LogP contribution is 2.36. The summed E-state index contributed by atoms with van der Waals surface area (Å²) in [7, 11) is 3.86. The Labute approximate surface area is 199 Å². The maximum atomic E-state index is 13.4. The fraction of sp³-hybridized carbons (Fsp3) is 0.462. The van der Waals surface area contributed by atoms with Crippen LogP contribution in [0.2, 0.25) is 0 Å². The van der Waals surface area contributed by atoms with Gasteiger partial charge < -0.3 is 15.1 Å². The zero-order valence-electron chi connectivity index (χ0n) is 20.0. The molecule has 2 aromatic carbocycles. The lowest BCUT2D eigenvalue weighted by Gasteiger charge is -2.28. The number of aromatic nitrogens is 2. The summed E-state index contributed by atoms with van der Waals surface area (Å²) in [5.41, 5.74) is 1.86. The van der Waals surface area contributed by atoms with Crippen molar-refractivity contribution < 1.29 is 9.59 Å². The number of likely N-dealkylation sites (N-methyl/N-ethyl adjacent to an activating group) is 1. The molecule has 1 saturated heterocycles. The van der Waals surface area contributed by atoms with Gasteiger partial charge in [-0.05, 0) is 71.5 Å². The number of fused-ring (bicyclic) bond motifs is 2. The minimum Gasteiger partial charge on any atom is -0.369 e. The van der Waals surface area contributed by atoms with Crippen LogP contribution in [-0.4, -0.2) is 89.8 Å². The molecule has 3 heterocycles. The number of amides is 2. The number of likely N-dealkylation sites (tertiary alicyclic amines) is 1. The van der Waals surface area contributed by atoms with Crippen molar-refractivity contribution >= 4 is 39.3 Å². The quantitative estimate of drug-likeness (QED) is 0.298. The van der Waals surface area contributed by atoms with Gasteiger partial charge >= 0.3 is 0 Å². The number of anilines is 1. The van der Waals surface area contributed by atoms with E-state index in [0.717, 1.165) is 48.0 Å². The van der Waals surface area contributed by atoms with E-state index in [4.69, 9.17) is 0 Å². The van der Waals surface area contributed by atoms with E-state index in [0.29, 0.717) is 29.6 Å². The first-order valence-corrected chi connectivity index (χ1v) is 12.2. The van der Waals surface area contributed by atoms with Crippen molar-refractivity contribution in [3.05, 3.63) is 41.7 Å². The Hall–Kier alpha value is -3.10. The Kier molecular flexibility index (Phi) is 6.43. The van der Waals surface area contributed by atoms with Crippen molar-refractivity contribution in [2.45, 2.75) is 25.7 Å². The normalized spacial score (nSPS) is 16.4. The van der Waals surface area contributed by atoms with Crippen LogP contribution in [0.25, 0.3) is 21.7 Å². The molecular formula is C26H32N6O2. The van der Waals surface area contributed by atoms with Crippen LogP contribution >= 0.6 is 0 Å². The smallest absolute Gasteiger partial charge is 0.261 e. The molecule has 0 unspecified atom stereocenters. The summed E-state index contributed by atoms with van der Waals surface area (Å²) in [4.78, 5) is 41.5. The van der Waals surface area contributed by atoms with Crippen LogP contribution in [0, 0.1) is 0 Å². The van der Waals surface area contributed by atoms with E-state index in [9.17, 15) is 9.59 Å². The molecule has 0 atom stereocenters. The second kappa shape index (κ2) is 9.64. The van der Waals surface area contributed by atoms with Crippen LogP contribution in [0.1, 0.15) is 46.4 Å². The number of rotatable bonds is 9. The predicted molar refractivity (Wildman–Crippen MR) is 134 cm³/mol. The number of imide groups is 1. The van der Waals surface area contributed by atoms with E-state index in [1.165, 1.54) is 30.8 Å². The molecule has 5 rings (SSSR count). The van der Waals surface area contributed by atoms with E-state index in [2.05, 4.69) is 20.2 Å². The molecule has 8 nitrogen and oxygen atoms in total. The van der Waals surface area contributed by atoms with Crippen molar-refractivity contribution in [1.82, 2.24) is 24.7 Å². The minimum atomic E-state index is -0.252. The largest absolute Gasteiger partial charge is 0.369 e. The van der Waals surface area contributed by atoms with Crippen LogP contribution in [-0.2, 0) is 0 Å². The van der Waals surface area contributed by atoms with Gasteiger partial charge in [0, 0.05) is 46.9 Å². The molecule has 0 saturated carbocycles. The minimum absolute atomic E-state index is 0.241. The monoisotopic (exact) mass is 460 g/mol. The molecule has 34 heavy (non-hydrogen) atoms. The Bertz CT molecular complexity index is 1230. The Morgan fingerprint density at radius 2 is 1.76 bits per heavy atom. The number of carbonyl (C=O) groups excluding carboxylic acids is 2. The standard InChI is InChI=1S/C26H32N6O2/c1-30(2)14-15-32-25(33)19-9-7-8-18-22(19)20(26(32)34)16-21-23(18)28-17-29-24(21)27-10-3-4-11-31-12-5-6-13-31/h7-9,16-17H,3-6,10-15H2,1-2H3,(H,27,28,29). The molecule has 1 aromatic heterocycles. The van der Waals surface area contributed by atoms with Gasteiger partial charge in [0.15, 0.2) is 0 Å². The van der Waals surface area contributed by atoms with Gasteiger partial charge in [0.25, 0.3) is 11.8 Å². The third-order valence-corrected chi connectivity index (χ3v) is 6.88. The molecule has 1 fully saturated rings. The number of nitrogens with one attached hydrogen (secondary N) is 1. The van der Waals surface area contributed by atoms with Crippen molar-refractivity contribution in [3.63, 3.8) is 0 Å². The van der Waals surface area contributed by atoms with Gasteiger partial charge in [0.2, 0.25) is 0 Å². The van der Waals surface area contributed by atoms with Gasteiger partial charge in [0.1, 0.15) is 12.1 Å². The fourth-order valence-corrected chi connectivity index (χ4v) is 5.05. The molecule has 0 bridgehead atoms. The summed E-state index contributed by atoms with van der Waals surface area (Å²) in [5, 5.41) is 5.80. The van der Waals surface area contributed by atoms with Crippen LogP contribution < -0.4 is 5.32 Å². The molecule has 0 aliphatic carbocycles. The Morgan fingerprint density at radius 3 is 2.56 bits per heavy atom. The number of benzene rings is 2. The SMILES string of the molecule is CN(C)CCN1C(=O)c2cccc3c2c(cc2c(NCCCCN4CCCC4)ncnc23)C1=O. The Morgan fingerprint density at radius 1 is 0.971 bits per heavy atom. The van der Waals surface area contributed by atoms with Crippen LogP contribution in [0.4, 0.5) is 5.82 Å². The summed E-state index contributed by atoms with van der Waals surface area (Å²) in [6, 6.07) is 7.47. The maximum Gasteiger partial charge on any atom is 0.261 e. The van der Waals surface area contributed by atoms with E-state index < -0.39 is 0 Å². The molecule has 0 spiro atoms. The van der Waals surface area contributed by atoms with E-state index >= 15 is 0 Å². The lowest BCUT2D eigenvalue weighted by molar-refractivity contribution is 0.0601. The van der Waals surface area contributed by atoms with E-state index in [1.54, 1.807) is 12.4 Å². The highest BCUT2D eigenvalue weighted by molar-refractivity contribution is 6.29. The second-order valence-corrected chi connectivity index (χ2v) is 9.52. The van der Waals surface area contributed by atoms with Crippen molar-refractivity contribution in [2.24, 2.45) is 0 Å². The zero-order valence-corrected chi connectivity index (χ0v) is 20.0. The van der Waals surface area contributed by atoms with E-state index in [1.807, 2.05) is 37.2 Å². The van der Waals surface area contributed by atoms with E-state index in [-0.39, 0.29) is 11.8 Å². The fourth-order valence-electron chi connectivity index (χ4n) is 5.05. The first-order chi connectivity index (χ1) is 16.5. The number of unbranched alkanes of at least 4 members (excludes halogenated alkanes) is 1. The summed E-state index contributed by atoms with van der Waals surface area (Å²) in [6.45, 7) is 5.38. The molecule has 8 heteroatoms. The van der Waals surface area contributed by atoms with Gasteiger partial charge in [-0.15, -0.1) is 0 Å².